The van der Waals surface area contributed by atoms with Crippen LogP contribution in [-0.4, -0.2) is 16.0 Å². The Balaban J connectivity index is 2.53. The largest absolute Gasteiger partial charge is 0.366 e. The van der Waals surface area contributed by atoms with E-state index < -0.39 is 0 Å². The van der Waals surface area contributed by atoms with Crippen LogP contribution >= 0.6 is 11.6 Å². The minimum absolute atomic E-state index is 0.415. The van der Waals surface area contributed by atoms with Gasteiger partial charge in [0.25, 0.3) is 0 Å². The normalized spacial score (nSPS) is 12.5. The summed E-state index contributed by atoms with van der Waals surface area (Å²) >= 11 is 5.69. The van der Waals surface area contributed by atoms with Crippen molar-refractivity contribution in [3.8, 4) is 0 Å². The van der Waals surface area contributed by atoms with Crippen LogP contribution in [0.5, 0.6) is 0 Å². The molecule has 3 nitrogen and oxygen atoms in total. The molecule has 72 valence electrons. The van der Waals surface area contributed by atoms with Crippen LogP contribution in [0.15, 0.2) is 12.4 Å². The Bertz CT molecular complexity index is 265. The number of halogens is 1. The standard InChI is InChI=1S/C9H14ClN3/c1-3-4-7(2)12-9-6-11-5-8(10)13-9/h5-7H,3-4H2,1-2H3,(H,12,13). The van der Waals surface area contributed by atoms with Crippen LogP contribution in [0.3, 0.4) is 0 Å². The van der Waals surface area contributed by atoms with Gasteiger partial charge >= 0.3 is 0 Å². The van der Waals surface area contributed by atoms with Crippen molar-refractivity contribution in [2.45, 2.75) is 32.7 Å². The van der Waals surface area contributed by atoms with E-state index in [4.69, 9.17) is 11.6 Å². The van der Waals surface area contributed by atoms with Gasteiger partial charge in [-0.05, 0) is 13.3 Å². The zero-order valence-corrected chi connectivity index (χ0v) is 8.67. The number of hydrogen-bond acceptors (Lipinski definition) is 3. The lowest BCUT2D eigenvalue weighted by Crippen LogP contribution is -2.15. The average molecular weight is 200 g/mol. The summed E-state index contributed by atoms with van der Waals surface area (Å²) in [5.41, 5.74) is 0. The Hall–Kier alpha value is -0.830. The predicted octanol–water partition coefficient (Wildman–Crippen LogP) is 2.73. The second-order valence-corrected chi connectivity index (χ2v) is 3.45. The van der Waals surface area contributed by atoms with Gasteiger partial charge in [0.05, 0.1) is 12.4 Å². The summed E-state index contributed by atoms with van der Waals surface area (Å²) in [7, 11) is 0. The van der Waals surface area contributed by atoms with Gasteiger partial charge in [0.2, 0.25) is 0 Å². The van der Waals surface area contributed by atoms with Crippen molar-refractivity contribution in [1.29, 1.82) is 0 Å². The molecule has 0 bridgehead atoms. The smallest absolute Gasteiger partial charge is 0.149 e. The van der Waals surface area contributed by atoms with Crippen molar-refractivity contribution in [1.82, 2.24) is 9.97 Å². The molecule has 0 aromatic carbocycles. The highest BCUT2D eigenvalue weighted by Crippen LogP contribution is 2.09. The van der Waals surface area contributed by atoms with Crippen LogP contribution < -0.4 is 5.32 Å². The minimum Gasteiger partial charge on any atom is -0.366 e. The lowest BCUT2D eigenvalue weighted by molar-refractivity contribution is 0.687. The molecule has 0 aliphatic carbocycles. The van der Waals surface area contributed by atoms with Crippen LogP contribution in [0.1, 0.15) is 26.7 Å². The van der Waals surface area contributed by atoms with Gasteiger partial charge in [0.1, 0.15) is 11.0 Å². The second-order valence-electron chi connectivity index (χ2n) is 3.06. The van der Waals surface area contributed by atoms with Crippen LogP contribution in [0.2, 0.25) is 5.15 Å². The number of nitrogens with one attached hydrogen (secondary N) is 1. The third-order valence-corrected chi connectivity index (χ3v) is 1.90. The van der Waals surface area contributed by atoms with E-state index in [0.717, 1.165) is 18.7 Å². The summed E-state index contributed by atoms with van der Waals surface area (Å²) in [5, 5.41) is 3.65. The maximum Gasteiger partial charge on any atom is 0.149 e. The predicted molar refractivity (Wildman–Crippen MR) is 55.0 cm³/mol. The molecule has 0 spiro atoms. The Morgan fingerprint density at radius 3 is 2.92 bits per heavy atom. The summed E-state index contributed by atoms with van der Waals surface area (Å²) in [4.78, 5) is 8.03. The Labute approximate surface area is 83.5 Å². The molecule has 0 fully saturated rings. The third-order valence-electron chi connectivity index (χ3n) is 1.72. The first-order chi connectivity index (χ1) is 6.22. The average Bonchev–Trinajstić information content (AvgIpc) is 2.04. The van der Waals surface area contributed by atoms with Gasteiger partial charge in [-0.15, -0.1) is 0 Å². The monoisotopic (exact) mass is 199 g/mol. The van der Waals surface area contributed by atoms with E-state index in [1.165, 1.54) is 6.20 Å². The molecule has 0 saturated heterocycles. The molecule has 0 aliphatic rings. The molecule has 1 N–H and O–H groups in total. The molecule has 0 aliphatic heterocycles. The van der Waals surface area contributed by atoms with E-state index in [0.29, 0.717) is 11.2 Å². The van der Waals surface area contributed by atoms with Crippen molar-refractivity contribution < 1.29 is 0 Å². The molecule has 0 radical (unpaired) electrons. The van der Waals surface area contributed by atoms with Crippen LogP contribution in [0, 0.1) is 0 Å². The first-order valence-electron chi connectivity index (χ1n) is 4.46. The number of rotatable bonds is 4. The SMILES string of the molecule is CCCC(C)Nc1cncc(Cl)n1. The minimum atomic E-state index is 0.415. The fraction of sp³-hybridized carbons (Fsp3) is 0.556. The molecule has 1 aromatic heterocycles. The van der Waals surface area contributed by atoms with E-state index in [2.05, 4.69) is 29.1 Å². The lowest BCUT2D eigenvalue weighted by atomic mass is 10.2. The molecule has 4 heteroatoms. The molecule has 0 saturated carbocycles. The van der Waals surface area contributed by atoms with Gasteiger partial charge < -0.3 is 5.32 Å². The van der Waals surface area contributed by atoms with Crippen molar-refractivity contribution in [2.24, 2.45) is 0 Å². The van der Waals surface area contributed by atoms with Crippen molar-refractivity contribution in [2.75, 3.05) is 5.32 Å². The number of hydrogen-bond donors (Lipinski definition) is 1. The van der Waals surface area contributed by atoms with E-state index in [-0.39, 0.29) is 0 Å². The molecule has 13 heavy (non-hydrogen) atoms. The Morgan fingerprint density at radius 1 is 1.54 bits per heavy atom. The van der Waals surface area contributed by atoms with E-state index >= 15 is 0 Å². The summed E-state index contributed by atoms with van der Waals surface area (Å²) < 4.78 is 0. The molecule has 1 aromatic rings. The van der Waals surface area contributed by atoms with E-state index in [9.17, 15) is 0 Å². The highest BCUT2D eigenvalue weighted by atomic mass is 35.5. The van der Waals surface area contributed by atoms with Crippen LogP contribution in [-0.2, 0) is 0 Å². The topological polar surface area (TPSA) is 37.8 Å². The maximum absolute atomic E-state index is 5.69. The number of anilines is 1. The molecule has 1 unspecified atom stereocenters. The molecule has 1 rings (SSSR count). The highest BCUT2D eigenvalue weighted by molar-refractivity contribution is 6.29. The van der Waals surface area contributed by atoms with E-state index in [1.807, 2.05) is 0 Å². The van der Waals surface area contributed by atoms with Crippen molar-refractivity contribution in [3.63, 3.8) is 0 Å². The van der Waals surface area contributed by atoms with Gasteiger partial charge in [-0.1, -0.05) is 24.9 Å². The number of aromatic nitrogens is 2. The zero-order valence-electron chi connectivity index (χ0n) is 7.92. The first-order valence-corrected chi connectivity index (χ1v) is 4.84. The second kappa shape index (κ2) is 5.02. The Morgan fingerprint density at radius 2 is 2.31 bits per heavy atom. The van der Waals surface area contributed by atoms with Gasteiger partial charge in [-0.2, -0.15) is 0 Å². The fourth-order valence-corrected chi connectivity index (χ4v) is 1.32. The fourth-order valence-electron chi connectivity index (χ4n) is 1.17. The first kappa shape index (κ1) is 10.3. The molecule has 1 atom stereocenters. The van der Waals surface area contributed by atoms with Gasteiger partial charge in [0.15, 0.2) is 0 Å². The molecular formula is C9H14ClN3. The quantitative estimate of drug-likeness (QED) is 0.811. The van der Waals surface area contributed by atoms with Crippen LogP contribution in [0.25, 0.3) is 0 Å². The highest BCUT2D eigenvalue weighted by Gasteiger charge is 2.01. The Kier molecular flexibility index (Phi) is 3.96. The summed E-state index contributed by atoms with van der Waals surface area (Å²) in [6.45, 7) is 4.27. The van der Waals surface area contributed by atoms with Crippen molar-refractivity contribution in [3.05, 3.63) is 17.5 Å². The van der Waals surface area contributed by atoms with Crippen LogP contribution in [0.4, 0.5) is 5.82 Å². The zero-order chi connectivity index (χ0) is 9.68. The molecular weight excluding hydrogens is 186 g/mol. The van der Waals surface area contributed by atoms with Crippen molar-refractivity contribution >= 4 is 17.4 Å². The van der Waals surface area contributed by atoms with Gasteiger partial charge in [0, 0.05) is 6.04 Å². The van der Waals surface area contributed by atoms with Gasteiger partial charge in [-0.25, -0.2) is 4.98 Å². The van der Waals surface area contributed by atoms with E-state index in [1.54, 1.807) is 6.20 Å². The molecule has 0 amide bonds. The lowest BCUT2D eigenvalue weighted by Gasteiger charge is -2.12. The summed E-state index contributed by atoms with van der Waals surface area (Å²) in [6.07, 6.45) is 5.48. The summed E-state index contributed by atoms with van der Waals surface area (Å²) in [5.74, 6) is 0.744. The maximum atomic E-state index is 5.69. The van der Waals surface area contributed by atoms with Gasteiger partial charge in [-0.3, -0.25) is 4.98 Å². The third kappa shape index (κ3) is 3.59. The summed E-state index contributed by atoms with van der Waals surface area (Å²) in [6, 6.07) is 0.415. The number of nitrogens with zero attached hydrogens (tertiary/aromatic N) is 2. The molecule has 1 heterocycles.